The van der Waals surface area contributed by atoms with Crippen LogP contribution in [0.15, 0.2) is 18.2 Å². The van der Waals surface area contributed by atoms with Crippen molar-refractivity contribution in [3.63, 3.8) is 0 Å². The molecular weight excluding hydrogens is 333 g/mol. The molecule has 0 saturated carbocycles. The monoisotopic (exact) mass is 355 g/mol. The van der Waals surface area contributed by atoms with Gasteiger partial charge in [-0.15, -0.1) is 5.10 Å². The van der Waals surface area contributed by atoms with E-state index in [1.54, 1.807) is 16.8 Å². The summed E-state index contributed by atoms with van der Waals surface area (Å²) in [5.74, 6) is 0.935. The first-order valence-electron chi connectivity index (χ1n) is 9.00. The lowest BCUT2D eigenvalue weighted by Gasteiger charge is -2.15. The van der Waals surface area contributed by atoms with E-state index in [1.807, 2.05) is 20.8 Å². The van der Waals surface area contributed by atoms with Crippen molar-refractivity contribution in [3.05, 3.63) is 35.4 Å². The summed E-state index contributed by atoms with van der Waals surface area (Å²) in [6.07, 6.45) is 2.29. The van der Waals surface area contributed by atoms with Gasteiger partial charge in [-0.1, -0.05) is 0 Å². The first-order valence-corrected chi connectivity index (χ1v) is 9.00. The third-order valence-electron chi connectivity index (χ3n) is 4.85. The number of rotatable bonds is 4. The Hall–Kier alpha value is -2.70. The number of nitrogens with zero attached hydrogens (tertiary/aromatic N) is 5. The van der Waals surface area contributed by atoms with Crippen LogP contribution in [0.4, 0.5) is 10.2 Å². The summed E-state index contributed by atoms with van der Waals surface area (Å²) in [4.78, 5) is 2.21. The standard InChI is InChI=1S/C19H22FN5O/c1-4-26-14-7-8-16(15(20)11-14)25-13(3)17-12(2)21-22-19(18(17)23-25)24-9-5-6-10-24/h7-8,11H,4-6,9-10H2,1-3H3. The second-order valence-electron chi connectivity index (χ2n) is 6.57. The molecule has 3 heterocycles. The number of ether oxygens (including phenoxy) is 1. The van der Waals surface area contributed by atoms with Crippen LogP contribution in [-0.2, 0) is 0 Å². The van der Waals surface area contributed by atoms with Gasteiger partial charge in [0.05, 0.1) is 23.4 Å². The van der Waals surface area contributed by atoms with E-state index >= 15 is 0 Å². The van der Waals surface area contributed by atoms with E-state index in [-0.39, 0.29) is 5.82 Å². The van der Waals surface area contributed by atoms with Crippen LogP contribution in [0.2, 0.25) is 0 Å². The molecule has 1 saturated heterocycles. The number of hydrogen-bond acceptors (Lipinski definition) is 5. The zero-order chi connectivity index (χ0) is 18.3. The molecule has 0 atom stereocenters. The van der Waals surface area contributed by atoms with Crippen LogP contribution in [0, 0.1) is 19.7 Å². The molecule has 1 aliphatic rings. The van der Waals surface area contributed by atoms with Gasteiger partial charge in [-0.25, -0.2) is 9.07 Å². The van der Waals surface area contributed by atoms with Gasteiger partial charge in [0.2, 0.25) is 0 Å². The molecule has 6 nitrogen and oxygen atoms in total. The smallest absolute Gasteiger partial charge is 0.179 e. The van der Waals surface area contributed by atoms with E-state index < -0.39 is 0 Å². The Labute approximate surface area is 151 Å². The van der Waals surface area contributed by atoms with Gasteiger partial charge in [0.1, 0.15) is 17.0 Å². The number of benzene rings is 1. The molecule has 0 amide bonds. The molecule has 0 N–H and O–H groups in total. The van der Waals surface area contributed by atoms with Crippen molar-refractivity contribution >= 4 is 16.7 Å². The molecular formula is C19H22FN5O. The second-order valence-corrected chi connectivity index (χ2v) is 6.57. The first-order chi connectivity index (χ1) is 12.6. The quantitative estimate of drug-likeness (QED) is 0.716. The van der Waals surface area contributed by atoms with Gasteiger partial charge >= 0.3 is 0 Å². The second kappa shape index (κ2) is 6.55. The zero-order valence-electron chi connectivity index (χ0n) is 15.3. The first kappa shape index (κ1) is 16.8. The fourth-order valence-corrected chi connectivity index (χ4v) is 3.60. The molecule has 4 rings (SSSR count). The fourth-order valence-electron chi connectivity index (χ4n) is 3.60. The molecule has 136 valence electrons. The van der Waals surface area contributed by atoms with Gasteiger partial charge in [-0.05, 0) is 45.7 Å². The normalized spacial score (nSPS) is 14.4. The number of fused-ring (bicyclic) bond motifs is 1. The molecule has 26 heavy (non-hydrogen) atoms. The van der Waals surface area contributed by atoms with Gasteiger partial charge in [0.25, 0.3) is 0 Å². The summed E-state index contributed by atoms with van der Waals surface area (Å²) in [6.45, 7) is 8.13. The Balaban J connectivity index is 1.87. The molecule has 1 aliphatic heterocycles. The van der Waals surface area contributed by atoms with E-state index in [0.717, 1.165) is 54.0 Å². The van der Waals surface area contributed by atoms with E-state index in [1.165, 1.54) is 6.07 Å². The lowest BCUT2D eigenvalue weighted by Crippen LogP contribution is -2.20. The SMILES string of the molecule is CCOc1ccc(-n2nc3c(N4CCCC4)nnc(C)c3c2C)c(F)c1. The van der Waals surface area contributed by atoms with Crippen LogP contribution in [0.3, 0.4) is 0 Å². The minimum absolute atomic E-state index is 0.367. The Bertz CT molecular complexity index is 962. The summed E-state index contributed by atoms with van der Waals surface area (Å²) < 4.78 is 21.7. The van der Waals surface area contributed by atoms with Crippen molar-refractivity contribution in [2.45, 2.75) is 33.6 Å². The van der Waals surface area contributed by atoms with Crippen LogP contribution in [-0.4, -0.2) is 39.7 Å². The van der Waals surface area contributed by atoms with Crippen LogP contribution in [0.1, 0.15) is 31.2 Å². The molecule has 1 fully saturated rings. The van der Waals surface area contributed by atoms with Crippen LogP contribution < -0.4 is 9.64 Å². The molecule has 0 unspecified atom stereocenters. The highest BCUT2D eigenvalue weighted by atomic mass is 19.1. The maximum Gasteiger partial charge on any atom is 0.179 e. The fraction of sp³-hybridized carbons (Fsp3) is 0.421. The molecule has 3 aromatic rings. The summed E-state index contributed by atoms with van der Waals surface area (Å²) in [5.41, 5.74) is 2.84. The van der Waals surface area contributed by atoms with Crippen molar-refractivity contribution in [2.24, 2.45) is 0 Å². The largest absolute Gasteiger partial charge is 0.494 e. The number of anilines is 1. The zero-order valence-corrected chi connectivity index (χ0v) is 15.3. The number of aryl methyl sites for hydroxylation is 2. The minimum Gasteiger partial charge on any atom is -0.494 e. The molecule has 7 heteroatoms. The van der Waals surface area contributed by atoms with Crippen molar-refractivity contribution in [3.8, 4) is 11.4 Å². The van der Waals surface area contributed by atoms with Gasteiger partial charge in [0.15, 0.2) is 11.6 Å². The Morgan fingerprint density at radius 1 is 1.15 bits per heavy atom. The molecule has 0 aliphatic carbocycles. The van der Waals surface area contributed by atoms with Crippen molar-refractivity contribution in [1.82, 2.24) is 20.0 Å². The lowest BCUT2D eigenvalue weighted by atomic mass is 10.2. The van der Waals surface area contributed by atoms with E-state index in [4.69, 9.17) is 9.84 Å². The molecule has 2 aromatic heterocycles. The van der Waals surface area contributed by atoms with Crippen molar-refractivity contribution in [2.75, 3.05) is 24.6 Å². The lowest BCUT2D eigenvalue weighted by molar-refractivity contribution is 0.338. The van der Waals surface area contributed by atoms with Gasteiger partial charge in [-0.2, -0.15) is 10.2 Å². The summed E-state index contributed by atoms with van der Waals surface area (Å²) in [6, 6.07) is 4.86. The van der Waals surface area contributed by atoms with Crippen molar-refractivity contribution in [1.29, 1.82) is 0 Å². The summed E-state index contributed by atoms with van der Waals surface area (Å²) in [5, 5.41) is 14.4. The average molecular weight is 355 g/mol. The topological polar surface area (TPSA) is 56.1 Å². The Morgan fingerprint density at radius 3 is 2.62 bits per heavy atom. The highest BCUT2D eigenvalue weighted by Gasteiger charge is 2.23. The molecule has 0 bridgehead atoms. The predicted molar refractivity (Wildman–Crippen MR) is 98.7 cm³/mol. The number of hydrogen-bond donors (Lipinski definition) is 0. The van der Waals surface area contributed by atoms with Gasteiger partial charge in [0, 0.05) is 19.2 Å². The van der Waals surface area contributed by atoms with E-state index in [9.17, 15) is 4.39 Å². The molecule has 0 radical (unpaired) electrons. The highest BCUT2D eigenvalue weighted by molar-refractivity contribution is 5.92. The van der Waals surface area contributed by atoms with Crippen molar-refractivity contribution < 1.29 is 9.13 Å². The summed E-state index contributed by atoms with van der Waals surface area (Å²) >= 11 is 0. The Morgan fingerprint density at radius 2 is 1.92 bits per heavy atom. The maximum absolute atomic E-state index is 14.7. The van der Waals surface area contributed by atoms with E-state index in [2.05, 4.69) is 15.1 Å². The molecule has 0 spiro atoms. The number of aromatic nitrogens is 4. The van der Waals surface area contributed by atoms with Crippen LogP contribution in [0.5, 0.6) is 5.75 Å². The van der Waals surface area contributed by atoms with Gasteiger partial charge < -0.3 is 9.64 Å². The molecule has 1 aromatic carbocycles. The van der Waals surface area contributed by atoms with E-state index in [0.29, 0.717) is 18.0 Å². The third kappa shape index (κ3) is 2.67. The number of halogens is 1. The highest BCUT2D eigenvalue weighted by Crippen LogP contribution is 2.31. The van der Waals surface area contributed by atoms with Crippen LogP contribution in [0.25, 0.3) is 16.6 Å². The Kier molecular flexibility index (Phi) is 4.22. The average Bonchev–Trinajstić information content (AvgIpc) is 3.25. The predicted octanol–water partition coefficient (Wildman–Crippen LogP) is 3.57. The van der Waals surface area contributed by atoms with Crippen LogP contribution >= 0.6 is 0 Å². The van der Waals surface area contributed by atoms with Gasteiger partial charge in [-0.3, -0.25) is 0 Å². The maximum atomic E-state index is 14.7. The third-order valence-corrected chi connectivity index (χ3v) is 4.85. The summed E-state index contributed by atoms with van der Waals surface area (Å²) in [7, 11) is 0. The minimum atomic E-state index is -0.367.